The number of ether oxygens (including phenoxy) is 3. The summed E-state index contributed by atoms with van der Waals surface area (Å²) in [4.78, 5) is 32.8. The van der Waals surface area contributed by atoms with Gasteiger partial charge in [-0.05, 0) is 24.6 Å². The van der Waals surface area contributed by atoms with Gasteiger partial charge < -0.3 is 14.2 Å². The fourth-order valence-corrected chi connectivity index (χ4v) is 2.45. The average molecular weight is 402 g/mol. The Morgan fingerprint density at radius 3 is 2.55 bits per heavy atom. The Labute approximate surface area is 163 Å². The first-order valence-electron chi connectivity index (χ1n) is 8.13. The minimum Gasteiger partial charge on any atom is -0.477 e. The molecule has 12 heteroatoms. The number of hydrogen-bond donors (Lipinski definition) is 1. The van der Waals surface area contributed by atoms with Crippen molar-refractivity contribution < 1.29 is 28.9 Å². The monoisotopic (exact) mass is 402 g/mol. The van der Waals surface area contributed by atoms with Crippen LogP contribution in [0.5, 0.6) is 17.2 Å². The Morgan fingerprint density at radius 2 is 1.86 bits per heavy atom. The number of benzene rings is 2. The van der Waals surface area contributed by atoms with Crippen LogP contribution in [0.15, 0.2) is 35.4 Å². The molecule has 12 nitrogen and oxygen atoms in total. The second-order valence-electron chi connectivity index (χ2n) is 5.83. The number of carbonyl (C=O) groups excluding carboxylic acids is 1. The van der Waals surface area contributed by atoms with Gasteiger partial charge in [0.2, 0.25) is 6.79 Å². The third-order valence-electron chi connectivity index (χ3n) is 3.78. The number of nitrogens with one attached hydrogen (secondary N) is 1. The minimum absolute atomic E-state index is 0.0493. The van der Waals surface area contributed by atoms with Gasteiger partial charge in [0.25, 0.3) is 11.6 Å². The Bertz CT molecular complexity index is 1020. The molecule has 2 aromatic carbocycles. The predicted molar refractivity (Wildman–Crippen MR) is 98.3 cm³/mol. The van der Waals surface area contributed by atoms with Gasteiger partial charge in [-0.25, -0.2) is 5.43 Å². The van der Waals surface area contributed by atoms with Crippen LogP contribution < -0.4 is 19.6 Å². The molecule has 2 aromatic rings. The summed E-state index contributed by atoms with van der Waals surface area (Å²) in [5.41, 5.74) is 2.35. The summed E-state index contributed by atoms with van der Waals surface area (Å²) in [6, 6.07) is 6.88. The van der Waals surface area contributed by atoms with Gasteiger partial charge in [-0.15, -0.1) is 0 Å². The van der Waals surface area contributed by atoms with Crippen molar-refractivity contribution in [3.63, 3.8) is 0 Å². The fraction of sp³-hybridized carbons (Fsp3) is 0.176. The normalized spacial score (nSPS) is 12.0. The number of nitro benzene ring substituents is 2. The zero-order valence-corrected chi connectivity index (χ0v) is 15.0. The summed E-state index contributed by atoms with van der Waals surface area (Å²) in [5.74, 6) is -0.213. The Kier molecular flexibility index (Phi) is 5.53. The molecule has 3 rings (SSSR count). The second kappa shape index (κ2) is 8.21. The number of aryl methyl sites for hydroxylation is 1. The van der Waals surface area contributed by atoms with Gasteiger partial charge >= 0.3 is 5.69 Å². The van der Waals surface area contributed by atoms with Crippen molar-refractivity contribution in [1.29, 1.82) is 0 Å². The lowest BCUT2D eigenvalue weighted by Crippen LogP contribution is -2.24. The van der Waals surface area contributed by atoms with E-state index in [0.717, 1.165) is 6.21 Å². The standard InChI is InChI=1S/C17H14N4O8/c1-10-2-3-14(13(4-10)21(25)26)27-8-17(22)19-18-7-11-5-15-16(29-9-28-15)6-12(11)20(23)24/h2-7H,8-9H2,1H3,(H,19,22)/b18-7+. The van der Waals surface area contributed by atoms with E-state index in [9.17, 15) is 25.0 Å². The largest absolute Gasteiger partial charge is 0.477 e. The molecule has 0 fully saturated rings. The van der Waals surface area contributed by atoms with E-state index in [-0.39, 0.29) is 35.2 Å². The third-order valence-corrected chi connectivity index (χ3v) is 3.78. The van der Waals surface area contributed by atoms with E-state index in [4.69, 9.17) is 14.2 Å². The lowest BCUT2D eigenvalue weighted by atomic mass is 10.1. The molecule has 29 heavy (non-hydrogen) atoms. The smallest absolute Gasteiger partial charge is 0.311 e. The molecule has 1 aliphatic heterocycles. The van der Waals surface area contributed by atoms with Crippen LogP contribution in [0, 0.1) is 27.2 Å². The lowest BCUT2D eigenvalue weighted by Gasteiger charge is -2.06. The number of rotatable bonds is 7. The SMILES string of the molecule is Cc1ccc(OCC(=O)N/N=C/c2cc3c(cc2[N+](=O)[O-])OCO3)c([N+](=O)[O-])c1. The second-order valence-corrected chi connectivity index (χ2v) is 5.83. The number of fused-ring (bicyclic) bond motifs is 1. The minimum atomic E-state index is -0.709. The van der Waals surface area contributed by atoms with E-state index in [0.29, 0.717) is 11.3 Å². The molecule has 150 valence electrons. The van der Waals surface area contributed by atoms with Gasteiger partial charge in [0.1, 0.15) is 0 Å². The zero-order chi connectivity index (χ0) is 21.0. The first-order valence-corrected chi connectivity index (χ1v) is 8.13. The number of hydrazone groups is 1. The van der Waals surface area contributed by atoms with Gasteiger partial charge in [0.05, 0.1) is 27.7 Å². The average Bonchev–Trinajstić information content (AvgIpc) is 3.13. The van der Waals surface area contributed by atoms with Crippen molar-refractivity contribution in [3.8, 4) is 17.2 Å². The maximum Gasteiger partial charge on any atom is 0.311 e. The van der Waals surface area contributed by atoms with Crippen LogP contribution in [0.3, 0.4) is 0 Å². The maximum atomic E-state index is 11.9. The van der Waals surface area contributed by atoms with Gasteiger partial charge in [-0.3, -0.25) is 25.0 Å². The molecular weight excluding hydrogens is 388 g/mol. The van der Waals surface area contributed by atoms with Crippen molar-refractivity contribution in [2.75, 3.05) is 13.4 Å². The van der Waals surface area contributed by atoms with E-state index < -0.39 is 22.4 Å². The van der Waals surface area contributed by atoms with Crippen LogP contribution in [0.4, 0.5) is 11.4 Å². The molecule has 1 heterocycles. The van der Waals surface area contributed by atoms with Crippen molar-refractivity contribution in [1.82, 2.24) is 5.43 Å². The molecule has 0 saturated heterocycles. The Balaban J connectivity index is 1.64. The van der Waals surface area contributed by atoms with Gasteiger partial charge in [0, 0.05) is 6.07 Å². The van der Waals surface area contributed by atoms with E-state index in [1.165, 1.54) is 24.3 Å². The highest BCUT2D eigenvalue weighted by Crippen LogP contribution is 2.37. The van der Waals surface area contributed by atoms with Crippen LogP contribution >= 0.6 is 0 Å². The van der Waals surface area contributed by atoms with Gasteiger partial charge in [-0.2, -0.15) is 5.10 Å². The topological polar surface area (TPSA) is 155 Å². The van der Waals surface area contributed by atoms with Crippen LogP contribution in [0.2, 0.25) is 0 Å². The van der Waals surface area contributed by atoms with Crippen LogP contribution in [-0.4, -0.2) is 35.4 Å². The first kappa shape index (κ1) is 19.5. The van der Waals surface area contributed by atoms with Crippen molar-refractivity contribution in [3.05, 3.63) is 61.7 Å². The van der Waals surface area contributed by atoms with Gasteiger partial charge in [0.15, 0.2) is 23.9 Å². The van der Waals surface area contributed by atoms with Crippen molar-refractivity contribution >= 4 is 23.5 Å². The van der Waals surface area contributed by atoms with E-state index in [2.05, 4.69) is 10.5 Å². The molecular formula is C17H14N4O8. The number of hydrogen-bond acceptors (Lipinski definition) is 9. The maximum absolute atomic E-state index is 11.9. The molecule has 0 aliphatic carbocycles. The van der Waals surface area contributed by atoms with Crippen LogP contribution in [0.25, 0.3) is 0 Å². The number of nitrogens with zero attached hydrogens (tertiary/aromatic N) is 3. The zero-order valence-electron chi connectivity index (χ0n) is 15.0. The number of amides is 1. The predicted octanol–water partition coefficient (Wildman–Crippen LogP) is 2.07. The lowest BCUT2D eigenvalue weighted by molar-refractivity contribution is -0.385. The summed E-state index contributed by atoms with van der Waals surface area (Å²) in [7, 11) is 0. The molecule has 0 unspecified atom stereocenters. The fourth-order valence-electron chi connectivity index (χ4n) is 2.45. The quantitative estimate of drug-likeness (QED) is 0.419. The van der Waals surface area contributed by atoms with Gasteiger partial charge in [-0.1, -0.05) is 6.07 Å². The first-order chi connectivity index (χ1) is 13.8. The van der Waals surface area contributed by atoms with Crippen molar-refractivity contribution in [2.45, 2.75) is 6.92 Å². The molecule has 0 bridgehead atoms. The van der Waals surface area contributed by atoms with E-state index in [1.807, 2.05) is 0 Å². The highest BCUT2D eigenvalue weighted by atomic mass is 16.7. The van der Waals surface area contributed by atoms with Crippen LogP contribution in [-0.2, 0) is 4.79 Å². The Hall–Kier alpha value is -4.22. The summed E-state index contributed by atoms with van der Waals surface area (Å²) < 4.78 is 15.4. The van der Waals surface area contributed by atoms with E-state index >= 15 is 0 Å². The molecule has 0 aromatic heterocycles. The molecule has 0 saturated carbocycles. The Morgan fingerprint density at radius 1 is 1.17 bits per heavy atom. The molecule has 0 spiro atoms. The summed E-state index contributed by atoms with van der Waals surface area (Å²) in [6.45, 7) is 1.10. The van der Waals surface area contributed by atoms with Crippen LogP contribution in [0.1, 0.15) is 11.1 Å². The summed E-state index contributed by atoms with van der Waals surface area (Å²) in [5, 5.41) is 25.9. The summed E-state index contributed by atoms with van der Waals surface area (Å²) in [6.07, 6.45) is 1.08. The summed E-state index contributed by atoms with van der Waals surface area (Å²) >= 11 is 0. The van der Waals surface area contributed by atoms with Crippen molar-refractivity contribution in [2.24, 2.45) is 5.10 Å². The molecule has 1 aliphatic rings. The molecule has 1 N–H and O–H groups in total. The molecule has 0 radical (unpaired) electrons. The third kappa shape index (κ3) is 4.55. The highest BCUT2D eigenvalue weighted by molar-refractivity contribution is 5.88. The number of carbonyl (C=O) groups is 1. The molecule has 0 atom stereocenters. The number of nitro groups is 2. The molecule has 1 amide bonds. The van der Waals surface area contributed by atoms with E-state index in [1.54, 1.807) is 13.0 Å². The highest BCUT2D eigenvalue weighted by Gasteiger charge is 2.22.